The molecule has 128 valence electrons. The molecule has 2 fully saturated rings. The molecule has 2 heterocycles. The number of rotatable bonds is 2. The fraction of sp³-hybridized carbons (Fsp3) is 0.526. The molecule has 1 unspecified atom stereocenters. The molecule has 0 aromatic heterocycles. The molecule has 5 heteroatoms. The van der Waals surface area contributed by atoms with Crippen molar-refractivity contribution in [2.75, 3.05) is 26.4 Å². The van der Waals surface area contributed by atoms with E-state index in [1.807, 2.05) is 31.2 Å². The zero-order chi connectivity index (χ0) is 16.6. The van der Waals surface area contributed by atoms with Crippen molar-refractivity contribution in [3.8, 4) is 0 Å². The van der Waals surface area contributed by atoms with Crippen LogP contribution in [-0.2, 0) is 29.5 Å². The number of benzene rings is 1. The van der Waals surface area contributed by atoms with Crippen LogP contribution in [0.15, 0.2) is 36.4 Å². The Kier molecular flexibility index (Phi) is 4.04. The van der Waals surface area contributed by atoms with Crippen molar-refractivity contribution in [2.24, 2.45) is 0 Å². The van der Waals surface area contributed by atoms with Gasteiger partial charge in [-0.2, -0.15) is 0 Å². The summed E-state index contributed by atoms with van der Waals surface area (Å²) in [5, 5.41) is 0. The number of ether oxygens (including phenoxy) is 4. The summed E-state index contributed by atoms with van der Waals surface area (Å²) < 4.78 is 22.9. The lowest BCUT2D eigenvalue weighted by atomic mass is 9.89. The summed E-state index contributed by atoms with van der Waals surface area (Å²) in [4.78, 5) is 12.6. The summed E-state index contributed by atoms with van der Waals surface area (Å²) in [7, 11) is 0. The van der Waals surface area contributed by atoms with E-state index in [1.165, 1.54) is 0 Å². The maximum Gasteiger partial charge on any atom is 0.192 e. The number of allylic oxidation sites excluding steroid dienone is 1. The first-order chi connectivity index (χ1) is 11.6. The lowest BCUT2D eigenvalue weighted by Gasteiger charge is -2.25. The molecule has 0 bridgehead atoms. The highest BCUT2D eigenvalue weighted by Gasteiger charge is 2.38. The van der Waals surface area contributed by atoms with Gasteiger partial charge in [-0.25, -0.2) is 0 Å². The number of carbonyl (C=O) groups is 1. The summed E-state index contributed by atoms with van der Waals surface area (Å²) in [6.07, 6.45) is 4.75. The highest BCUT2D eigenvalue weighted by molar-refractivity contribution is 5.95. The van der Waals surface area contributed by atoms with Crippen molar-refractivity contribution in [2.45, 2.75) is 37.3 Å². The van der Waals surface area contributed by atoms with Gasteiger partial charge in [-0.05, 0) is 37.1 Å². The van der Waals surface area contributed by atoms with Gasteiger partial charge in [0.05, 0.1) is 26.4 Å². The Morgan fingerprint density at radius 1 is 1.04 bits per heavy atom. The van der Waals surface area contributed by atoms with Crippen molar-refractivity contribution in [3.63, 3.8) is 0 Å². The standard InChI is InChI=1S/C19H22O5/c1-18(21-9-10-22-18)15-4-2-3-14(13-15)16-5-7-19(8-6-17(16)20)23-11-12-24-19/h2-4,6,8,13,16H,5,7,9-12H2,1H3. The lowest BCUT2D eigenvalue weighted by molar-refractivity contribution is -0.149. The van der Waals surface area contributed by atoms with E-state index in [0.717, 1.165) is 11.1 Å². The quantitative estimate of drug-likeness (QED) is 0.834. The van der Waals surface area contributed by atoms with E-state index >= 15 is 0 Å². The van der Waals surface area contributed by atoms with Gasteiger partial charge in [0.25, 0.3) is 0 Å². The van der Waals surface area contributed by atoms with Crippen LogP contribution >= 0.6 is 0 Å². The zero-order valence-corrected chi connectivity index (χ0v) is 13.8. The second-order valence-corrected chi connectivity index (χ2v) is 6.60. The molecule has 0 amide bonds. The molecule has 3 aliphatic rings. The minimum absolute atomic E-state index is 0.0848. The van der Waals surface area contributed by atoms with Crippen LogP contribution in [0.3, 0.4) is 0 Å². The minimum Gasteiger partial charge on any atom is -0.344 e. The molecule has 2 aliphatic heterocycles. The average molecular weight is 330 g/mol. The van der Waals surface area contributed by atoms with Gasteiger partial charge in [-0.1, -0.05) is 18.2 Å². The molecule has 1 aliphatic carbocycles. The smallest absolute Gasteiger partial charge is 0.192 e. The van der Waals surface area contributed by atoms with Gasteiger partial charge in [-0.15, -0.1) is 0 Å². The number of carbonyl (C=O) groups excluding carboxylic acids is 1. The Balaban J connectivity index is 1.59. The maximum absolute atomic E-state index is 12.6. The summed E-state index contributed by atoms with van der Waals surface area (Å²) in [6.45, 7) is 4.24. The highest BCUT2D eigenvalue weighted by atomic mass is 16.7. The van der Waals surface area contributed by atoms with Crippen molar-refractivity contribution in [1.29, 1.82) is 0 Å². The molecule has 1 aromatic rings. The Morgan fingerprint density at radius 3 is 2.50 bits per heavy atom. The van der Waals surface area contributed by atoms with Gasteiger partial charge in [0.2, 0.25) is 0 Å². The molecular weight excluding hydrogens is 308 g/mol. The van der Waals surface area contributed by atoms with Gasteiger partial charge in [0.1, 0.15) is 0 Å². The lowest BCUT2D eigenvalue weighted by Crippen LogP contribution is -2.26. The van der Waals surface area contributed by atoms with Crippen molar-refractivity contribution in [1.82, 2.24) is 0 Å². The second-order valence-electron chi connectivity index (χ2n) is 6.60. The van der Waals surface area contributed by atoms with Crippen molar-refractivity contribution in [3.05, 3.63) is 47.5 Å². The topological polar surface area (TPSA) is 54.0 Å². The molecule has 24 heavy (non-hydrogen) atoms. The van der Waals surface area contributed by atoms with E-state index in [1.54, 1.807) is 12.2 Å². The third-order valence-corrected chi connectivity index (χ3v) is 5.05. The van der Waals surface area contributed by atoms with Crippen LogP contribution in [0.5, 0.6) is 0 Å². The highest BCUT2D eigenvalue weighted by Crippen LogP contribution is 2.37. The average Bonchev–Trinajstić information content (AvgIpc) is 3.20. The van der Waals surface area contributed by atoms with E-state index in [-0.39, 0.29) is 11.7 Å². The third-order valence-electron chi connectivity index (χ3n) is 5.05. The summed E-state index contributed by atoms with van der Waals surface area (Å²) in [6, 6.07) is 7.96. The first-order valence-corrected chi connectivity index (χ1v) is 8.50. The Labute approximate surface area is 141 Å². The molecule has 1 atom stereocenters. The number of hydrogen-bond acceptors (Lipinski definition) is 5. The third kappa shape index (κ3) is 2.82. The molecule has 1 aromatic carbocycles. The predicted octanol–water partition coefficient (Wildman–Crippen LogP) is 2.65. The van der Waals surface area contributed by atoms with Gasteiger partial charge in [-0.3, -0.25) is 4.79 Å². The van der Waals surface area contributed by atoms with E-state index in [9.17, 15) is 4.79 Å². The van der Waals surface area contributed by atoms with Crippen LogP contribution in [0, 0.1) is 0 Å². The first-order valence-electron chi connectivity index (χ1n) is 8.50. The van der Waals surface area contributed by atoms with E-state index < -0.39 is 11.6 Å². The SMILES string of the molecule is CC1(c2cccc(C3CCC4(C=CC3=O)OCCO4)c2)OCCO1. The molecule has 5 nitrogen and oxygen atoms in total. The van der Waals surface area contributed by atoms with E-state index in [4.69, 9.17) is 18.9 Å². The van der Waals surface area contributed by atoms with E-state index in [0.29, 0.717) is 39.3 Å². The molecule has 2 saturated heterocycles. The minimum atomic E-state index is -0.724. The van der Waals surface area contributed by atoms with Gasteiger partial charge >= 0.3 is 0 Å². The number of ketones is 1. The fourth-order valence-corrected chi connectivity index (χ4v) is 3.66. The van der Waals surface area contributed by atoms with Crippen LogP contribution in [0.4, 0.5) is 0 Å². The molecule has 0 radical (unpaired) electrons. The van der Waals surface area contributed by atoms with Crippen molar-refractivity contribution >= 4 is 5.78 Å². The van der Waals surface area contributed by atoms with Crippen LogP contribution in [0.1, 0.15) is 36.8 Å². The largest absolute Gasteiger partial charge is 0.344 e. The van der Waals surface area contributed by atoms with Gasteiger partial charge in [0, 0.05) is 17.9 Å². The number of hydrogen-bond donors (Lipinski definition) is 0. The van der Waals surface area contributed by atoms with Crippen LogP contribution in [-0.4, -0.2) is 38.0 Å². The van der Waals surface area contributed by atoms with Gasteiger partial charge < -0.3 is 18.9 Å². The normalized spacial score (nSPS) is 28.4. The molecule has 1 spiro atoms. The molecule has 4 rings (SSSR count). The molecule has 0 saturated carbocycles. The summed E-state index contributed by atoms with van der Waals surface area (Å²) in [5.74, 6) is -1.55. The first kappa shape index (κ1) is 16.0. The second kappa shape index (κ2) is 6.08. The Bertz CT molecular complexity index is 653. The van der Waals surface area contributed by atoms with Crippen LogP contribution < -0.4 is 0 Å². The van der Waals surface area contributed by atoms with Crippen LogP contribution in [0.25, 0.3) is 0 Å². The van der Waals surface area contributed by atoms with Crippen molar-refractivity contribution < 1.29 is 23.7 Å². The molecular formula is C19H22O5. The zero-order valence-electron chi connectivity index (χ0n) is 13.8. The Hall–Kier alpha value is -1.53. The monoisotopic (exact) mass is 330 g/mol. The maximum atomic E-state index is 12.6. The fourth-order valence-electron chi connectivity index (χ4n) is 3.66. The van der Waals surface area contributed by atoms with Crippen LogP contribution in [0.2, 0.25) is 0 Å². The summed E-state index contributed by atoms with van der Waals surface area (Å²) in [5.41, 5.74) is 1.93. The Morgan fingerprint density at radius 2 is 1.75 bits per heavy atom. The van der Waals surface area contributed by atoms with E-state index in [2.05, 4.69) is 0 Å². The van der Waals surface area contributed by atoms with Gasteiger partial charge in [0.15, 0.2) is 17.4 Å². The summed E-state index contributed by atoms with van der Waals surface area (Å²) >= 11 is 0. The predicted molar refractivity (Wildman–Crippen MR) is 86.5 cm³/mol. The molecule has 0 N–H and O–H groups in total.